The largest absolute Gasteiger partial charge is 0.493 e. The van der Waals surface area contributed by atoms with E-state index in [2.05, 4.69) is 44.0 Å². The molecule has 1 N–H and O–H groups in total. The number of methoxy groups -OCH3 is 2. The highest BCUT2D eigenvalue weighted by atomic mass is 16.5. The maximum atomic E-state index is 5.43. The second-order valence-corrected chi connectivity index (χ2v) is 7.14. The Morgan fingerprint density at radius 3 is 2.66 bits per heavy atom. The molecule has 2 aromatic carbocycles. The molecule has 0 saturated heterocycles. The molecule has 148 valence electrons. The van der Waals surface area contributed by atoms with Gasteiger partial charge in [0.05, 0.1) is 31.6 Å². The van der Waals surface area contributed by atoms with E-state index in [0.29, 0.717) is 11.5 Å². The summed E-state index contributed by atoms with van der Waals surface area (Å²) in [5.41, 5.74) is 3.53. The predicted octanol–water partition coefficient (Wildman–Crippen LogP) is 1.19. The van der Waals surface area contributed by atoms with Gasteiger partial charge in [0, 0.05) is 48.4 Å². The fraction of sp³-hybridized carbons (Fsp3) is 0.273. The monoisotopic (exact) mass is 389 g/mol. The summed E-state index contributed by atoms with van der Waals surface area (Å²) in [5.74, 6) is 1.39. The highest BCUT2D eigenvalue weighted by Gasteiger charge is 2.27. The molecule has 0 spiro atoms. The minimum absolute atomic E-state index is 0.129. The molecule has 2 aliphatic heterocycles. The van der Waals surface area contributed by atoms with Crippen molar-refractivity contribution in [3.05, 3.63) is 70.8 Å². The Morgan fingerprint density at radius 1 is 1.07 bits per heavy atom. The van der Waals surface area contributed by atoms with Crippen LogP contribution >= 0.6 is 0 Å². The van der Waals surface area contributed by atoms with Gasteiger partial charge in [-0.2, -0.15) is 0 Å². The first-order valence-electron chi connectivity index (χ1n) is 9.67. The minimum atomic E-state index is -0.129. The minimum Gasteiger partial charge on any atom is -0.493 e. The van der Waals surface area contributed by atoms with E-state index in [4.69, 9.17) is 14.5 Å². The summed E-state index contributed by atoms with van der Waals surface area (Å²) in [6.45, 7) is 1.66. The zero-order valence-electron chi connectivity index (χ0n) is 16.5. The molecular weight excluding hydrogens is 366 g/mol. The van der Waals surface area contributed by atoms with E-state index in [-0.39, 0.29) is 6.29 Å². The molecule has 0 saturated carbocycles. The Bertz CT molecular complexity index is 1160. The first-order chi connectivity index (χ1) is 14.3. The van der Waals surface area contributed by atoms with Crippen LogP contribution < -0.4 is 25.4 Å². The van der Waals surface area contributed by atoms with E-state index < -0.39 is 0 Å². The molecule has 0 amide bonds. The van der Waals surface area contributed by atoms with Gasteiger partial charge in [-0.15, -0.1) is 0 Å². The van der Waals surface area contributed by atoms with Crippen LogP contribution in [-0.2, 0) is 13.0 Å². The van der Waals surface area contributed by atoms with E-state index in [1.54, 1.807) is 14.2 Å². The molecule has 1 unspecified atom stereocenters. The van der Waals surface area contributed by atoms with Crippen molar-refractivity contribution in [2.24, 2.45) is 4.99 Å². The Balaban J connectivity index is 1.42. The lowest BCUT2D eigenvalue weighted by molar-refractivity contribution is 0.162. The molecule has 0 bridgehead atoms. The third-order valence-electron chi connectivity index (χ3n) is 5.50. The number of aromatic nitrogens is 2. The van der Waals surface area contributed by atoms with Crippen LogP contribution in [0.25, 0.3) is 11.9 Å². The number of hydrogen-bond acceptors (Lipinski definition) is 6. The van der Waals surface area contributed by atoms with Crippen LogP contribution in [-0.4, -0.2) is 41.5 Å². The second-order valence-electron chi connectivity index (χ2n) is 7.14. The Labute approximate surface area is 168 Å². The van der Waals surface area contributed by atoms with Gasteiger partial charge < -0.3 is 19.4 Å². The Morgan fingerprint density at radius 2 is 1.86 bits per heavy atom. The van der Waals surface area contributed by atoms with E-state index >= 15 is 0 Å². The summed E-state index contributed by atoms with van der Waals surface area (Å²) in [6, 6.07) is 14.2. The van der Waals surface area contributed by atoms with Crippen molar-refractivity contribution >= 4 is 6.20 Å². The highest BCUT2D eigenvalue weighted by Crippen LogP contribution is 2.24. The van der Waals surface area contributed by atoms with Crippen LogP contribution in [0.3, 0.4) is 0 Å². The first kappa shape index (κ1) is 17.8. The van der Waals surface area contributed by atoms with Crippen LogP contribution in [0.15, 0.2) is 53.8 Å². The molecule has 1 aromatic heterocycles. The lowest BCUT2D eigenvalue weighted by Crippen LogP contribution is -2.50. The van der Waals surface area contributed by atoms with Gasteiger partial charge in [-0.3, -0.25) is 4.90 Å². The SMILES string of the molecule is COc1cc2c(cc1OC)=NC(N1CCc3c(ncn3-c3ccccc3)C1)NC=2. The van der Waals surface area contributed by atoms with E-state index in [1.807, 2.05) is 30.7 Å². The molecule has 0 aliphatic carbocycles. The van der Waals surface area contributed by atoms with E-state index in [0.717, 1.165) is 41.5 Å². The Hall–Kier alpha value is -3.32. The number of benzene rings is 2. The fourth-order valence-corrected chi connectivity index (χ4v) is 3.98. The van der Waals surface area contributed by atoms with Crippen LogP contribution in [0.2, 0.25) is 0 Å². The van der Waals surface area contributed by atoms with Crippen molar-refractivity contribution in [2.75, 3.05) is 20.8 Å². The number of para-hydroxylation sites is 1. The van der Waals surface area contributed by atoms with Gasteiger partial charge in [0.2, 0.25) is 0 Å². The molecule has 2 aliphatic rings. The van der Waals surface area contributed by atoms with Crippen molar-refractivity contribution < 1.29 is 9.47 Å². The molecule has 1 atom stereocenters. The number of ether oxygens (including phenoxy) is 2. The lowest BCUT2D eigenvalue weighted by atomic mass is 10.1. The average Bonchev–Trinajstić information content (AvgIpc) is 3.21. The maximum absolute atomic E-state index is 5.43. The van der Waals surface area contributed by atoms with Gasteiger partial charge in [-0.1, -0.05) is 18.2 Å². The second kappa shape index (κ2) is 7.25. The van der Waals surface area contributed by atoms with Gasteiger partial charge in [0.1, 0.15) is 0 Å². The molecule has 3 aromatic rings. The molecule has 29 heavy (non-hydrogen) atoms. The van der Waals surface area contributed by atoms with Crippen molar-refractivity contribution in [3.63, 3.8) is 0 Å². The maximum Gasteiger partial charge on any atom is 0.176 e. The van der Waals surface area contributed by atoms with Crippen molar-refractivity contribution in [3.8, 4) is 17.2 Å². The molecule has 5 rings (SSSR count). The third-order valence-corrected chi connectivity index (χ3v) is 5.50. The van der Waals surface area contributed by atoms with Crippen LogP contribution in [0.5, 0.6) is 11.5 Å². The molecule has 7 nitrogen and oxygen atoms in total. The summed E-state index contributed by atoms with van der Waals surface area (Å²) in [5, 5.41) is 5.29. The van der Waals surface area contributed by atoms with E-state index in [9.17, 15) is 0 Å². The predicted molar refractivity (Wildman–Crippen MR) is 109 cm³/mol. The quantitative estimate of drug-likeness (QED) is 0.726. The van der Waals surface area contributed by atoms with Crippen LogP contribution in [0, 0.1) is 0 Å². The molecular formula is C22H23N5O2. The van der Waals surface area contributed by atoms with Crippen molar-refractivity contribution in [2.45, 2.75) is 19.3 Å². The van der Waals surface area contributed by atoms with Gasteiger partial charge >= 0.3 is 0 Å². The lowest BCUT2D eigenvalue weighted by Gasteiger charge is -2.33. The van der Waals surface area contributed by atoms with Crippen LogP contribution in [0.4, 0.5) is 0 Å². The van der Waals surface area contributed by atoms with Gasteiger partial charge in [-0.05, 0) is 18.2 Å². The van der Waals surface area contributed by atoms with E-state index in [1.165, 1.54) is 5.69 Å². The summed E-state index contributed by atoms with van der Waals surface area (Å²) in [4.78, 5) is 11.9. The zero-order chi connectivity index (χ0) is 19.8. The van der Waals surface area contributed by atoms with Crippen LogP contribution in [0.1, 0.15) is 11.4 Å². The van der Waals surface area contributed by atoms with Crippen molar-refractivity contribution in [1.82, 2.24) is 19.8 Å². The van der Waals surface area contributed by atoms with Crippen molar-refractivity contribution in [1.29, 1.82) is 0 Å². The summed E-state index contributed by atoms with van der Waals surface area (Å²) in [7, 11) is 3.28. The average molecular weight is 389 g/mol. The topological polar surface area (TPSA) is 63.9 Å². The van der Waals surface area contributed by atoms with Gasteiger partial charge in [-0.25, -0.2) is 9.98 Å². The smallest absolute Gasteiger partial charge is 0.176 e. The molecule has 7 heteroatoms. The van der Waals surface area contributed by atoms with Gasteiger partial charge in [0.15, 0.2) is 17.8 Å². The number of nitrogens with zero attached hydrogens (tertiary/aromatic N) is 4. The van der Waals surface area contributed by atoms with Gasteiger partial charge in [0.25, 0.3) is 0 Å². The highest BCUT2D eigenvalue weighted by molar-refractivity contribution is 5.43. The number of hydrogen-bond donors (Lipinski definition) is 1. The standard InChI is InChI=1S/C22H23N5O2/c1-28-20-10-15-12-23-22(25-17(15)11-21(20)29-2)26-9-8-19-18(13-26)24-14-27(19)16-6-4-3-5-7-16/h3-7,10-12,14,22-23H,8-9,13H2,1-2H3. The summed E-state index contributed by atoms with van der Waals surface area (Å²) >= 11 is 0. The Kier molecular flexibility index (Phi) is 4.44. The third kappa shape index (κ3) is 3.13. The number of fused-ring (bicyclic) bond motifs is 2. The molecule has 0 fully saturated rings. The normalized spacial score (nSPS) is 17.9. The number of imidazole rings is 1. The summed E-state index contributed by atoms with van der Waals surface area (Å²) < 4.78 is 13.0. The molecule has 0 radical (unpaired) electrons. The fourth-order valence-electron chi connectivity index (χ4n) is 3.98. The summed E-state index contributed by atoms with van der Waals surface area (Å²) in [6.07, 6.45) is 4.72. The molecule has 3 heterocycles. The zero-order valence-corrected chi connectivity index (χ0v) is 16.5. The first-order valence-corrected chi connectivity index (χ1v) is 9.67. The number of nitrogens with one attached hydrogen (secondary N) is 1. The number of rotatable bonds is 4.